The molecule has 0 unspecified atom stereocenters. The van der Waals surface area contributed by atoms with Crippen LogP contribution in [0.15, 0.2) is 199 Å². The van der Waals surface area contributed by atoms with Crippen LogP contribution in [-0.2, 0) is 0 Å². The zero-order valence-electron chi connectivity index (χ0n) is 29.2. The van der Waals surface area contributed by atoms with Crippen molar-refractivity contribution < 1.29 is 4.42 Å². The average molecular weight is 693 g/mol. The van der Waals surface area contributed by atoms with Crippen LogP contribution in [0.3, 0.4) is 0 Å². The fourth-order valence-electron chi connectivity index (χ4n) is 7.37. The molecule has 0 saturated carbocycles. The number of fused-ring (bicyclic) bond motifs is 5. The predicted octanol–water partition coefficient (Wildman–Crippen LogP) is 13.1. The highest BCUT2D eigenvalue weighted by Crippen LogP contribution is 2.46. The number of hydrogen-bond acceptors (Lipinski definition) is 5. The van der Waals surface area contributed by atoms with Crippen molar-refractivity contribution in [2.75, 3.05) is 4.90 Å². The van der Waals surface area contributed by atoms with Gasteiger partial charge in [-0.05, 0) is 59.0 Å². The Morgan fingerprint density at radius 3 is 1.48 bits per heavy atom. The molecule has 54 heavy (non-hydrogen) atoms. The summed E-state index contributed by atoms with van der Waals surface area (Å²) < 4.78 is 7.05. The first-order valence-corrected chi connectivity index (χ1v) is 18.0. The molecule has 2 aromatic heterocycles. The lowest BCUT2D eigenvalue weighted by Crippen LogP contribution is -2.09. The molecular weight excluding hydrogens is 661 g/mol. The topological polar surface area (TPSA) is 55.1 Å². The second-order valence-corrected chi connectivity index (χ2v) is 13.2. The first kappa shape index (κ1) is 31.4. The van der Waals surface area contributed by atoms with Crippen molar-refractivity contribution in [3.63, 3.8) is 0 Å². The molecule has 10 rings (SSSR count). The molecule has 5 nitrogen and oxygen atoms in total. The van der Waals surface area contributed by atoms with Gasteiger partial charge in [-0.2, -0.15) is 0 Å². The van der Waals surface area contributed by atoms with Gasteiger partial charge in [0.15, 0.2) is 23.1 Å². The average Bonchev–Trinajstić information content (AvgIpc) is 3.66. The summed E-state index contributed by atoms with van der Waals surface area (Å²) >= 11 is 0. The van der Waals surface area contributed by atoms with Crippen LogP contribution >= 0.6 is 0 Å². The molecule has 0 aliphatic rings. The quantitative estimate of drug-likeness (QED) is 0.166. The largest absolute Gasteiger partial charge is 0.453 e. The molecule has 0 amide bonds. The van der Waals surface area contributed by atoms with E-state index >= 15 is 0 Å². The molecule has 0 spiro atoms. The van der Waals surface area contributed by atoms with E-state index in [2.05, 4.69) is 126 Å². The highest BCUT2D eigenvalue weighted by Gasteiger charge is 2.23. The van der Waals surface area contributed by atoms with E-state index in [9.17, 15) is 0 Å². The van der Waals surface area contributed by atoms with Gasteiger partial charge in [-0.25, -0.2) is 15.0 Å². The van der Waals surface area contributed by atoms with Crippen molar-refractivity contribution in [2.24, 2.45) is 0 Å². The minimum absolute atomic E-state index is 0.613. The van der Waals surface area contributed by atoms with E-state index in [0.717, 1.165) is 77.6 Å². The van der Waals surface area contributed by atoms with Crippen LogP contribution < -0.4 is 4.90 Å². The van der Waals surface area contributed by atoms with Crippen LogP contribution in [0.25, 0.3) is 78.0 Å². The lowest BCUT2D eigenvalue weighted by molar-refractivity contribution is 0.673. The Morgan fingerprint density at radius 1 is 0.370 bits per heavy atom. The van der Waals surface area contributed by atoms with E-state index in [1.165, 1.54) is 0 Å². The van der Waals surface area contributed by atoms with Gasteiger partial charge in [0.25, 0.3) is 0 Å². The summed E-state index contributed by atoms with van der Waals surface area (Å²) in [4.78, 5) is 17.2. The van der Waals surface area contributed by atoms with Gasteiger partial charge in [0.2, 0.25) is 0 Å². The number of anilines is 3. The van der Waals surface area contributed by atoms with Crippen LogP contribution in [0.2, 0.25) is 0 Å². The Morgan fingerprint density at radius 2 is 0.852 bits per heavy atom. The molecule has 2 heterocycles. The summed E-state index contributed by atoms with van der Waals surface area (Å²) in [7, 11) is 0. The summed E-state index contributed by atoms with van der Waals surface area (Å²) in [5.41, 5.74) is 9.65. The molecule has 0 aliphatic carbocycles. The predicted molar refractivity (Wildman–Crippen MR) is 221 cm³/mol. The molecule has 10 aromatic rings. The van der Waals surface area contributed by atoms with E-state index in [-0.39, 0.29) is 0 Å². The van der Waals surface area contributed by atoms with Gasteiger partial charge < -0.3 is 9.32 Å². The molecule has 0 atom stereocenters. The second-order valence-electron chi connectivity index (χ2n) is 13.2. The van der Waals surface area contributed by atoms with Crippen molar-refractivity contribution >= 4 is 49.8 Å². The van der Waals surface area contributed by atoms with Gasteiger partial charge in [0, 0.05) is 44.2 Å². The lowest BCUT2D eigenvalue weighted by Gasteiger charge is -2.25. The van der Waals surface area contributed by atoms with E-state index in [4.69, 9.17) is 19.4 Å². The molecule has 0 radical (unpaired) electrons. The lowest BCUT2D eigenvalue weighted by atomic mass is 9.94. The maximum Gasteiger partial charge on any atom is 0.164 e. The summed E-state index contributed by atoms with van der Waals surface area (Å²) in [6.07, 6.45) is 0. The van der Waals surface area contributed by atoms with Gasteiger partial charge in [-0.1, -0.05) is 152 Å². The van der Waals surface area contributed by atoms with Gasteiger partial charge in [-0.3, -0.25) is 0 Å². The first-order chi connectivity index (χ1) is 26.8. The highest BCUT2D eigenvalue weighted by atomic mass is 16.3. The SMILES string of the molecule is c1ccc(-c2nc(-c3ccccc3)nc(-c3cccc(-c4cc5ccccc5c5oc6c(N(c7ccccc7)c7ccccc7)cccc6c45)c3)n2)cc1. The summed E-state index contributed by atoms with van der Waals surface area (Å²) in [5, 5.41) is 4.28. The number of benzene rings is 8. The maximum absolute atomic E-state index is 7.05. The number of aromatic nitrogens is 3. The molecule has 0 aliphatic heterocycles. The Balaban J connectivity index is 1.19. The third-order valence-electron chi connectivity index (χ3n) is 9.87. The number of para-hydroxylation sites is 3. The Labute approximate surface area is 312 Å². The Hall–Kier alpha value is -7.37. The molecule has 0 saturated heterocycles. The van der Waals surface area contributed by atoms with E-state index in [1.54, 1.807) is 0 Å². The Kier molecular flexibility index (Phi) is 7.73. The summed E-state index contributed by atoms with van der Waals surface area (Å²) in [6, 6.07) is 66.7. The van der Waals surface area contributed by atoms with Gasteiger partial charge >= 0.3 is 0 Å². The smallest absolute Gasteiger partial charge is 0.164 e. The van der Waals surface area contributed by atoms with Crippen LogP contribution in [0.4, 0.5) is 17.1 Å². The molecule has 0 fully saturated rings. The van der Waals surface area contributed by atoms with Crippen LogP contribution in [-0.4, -0.2) is 15.0 Å². The number of hydrogen-bond donors (Lipinski definition) is 0. The van der Waals surface area contributed by atoms with Crippen LogP contribution in [0.5, 0.6) is 0 Å². The van der Waals surface area contributed by atoms with E-state index in [1.807, 2.05) is 72.8 Å². The van der Waals surface area contributed by atoms with E-state index < -0.39 is 0 Å². The van der Waals surface area contributed by atoms with Crippen LogP contribution in [0.1, 0.15) is 0 Å². The fraction of sp³-hybridized carbons (Fsp3) is 0. The monoisotopic (exact) mass is 692 g/mol. The van der Waals surface area contributed by atoms with Crippen molar-refractivity contribution in [1.82, 2.24) is 15.0 Å². The van der Waals surface area contributed by atoms with Crippen molar-refractivity contribution in [2.45, 2.75) is 0 Å². The standard InChI is InChI=1S/C49H32N4O/c1-5-17-33(18-6-1)47-50-48(34-19-7-2-8-20-34)52-49(51-47)37-23-15-22-35(31-37)42-32-36-21-13-14-28-40(36)46-44(42)41-29-16-30-43(45(41)54-46)53(38-24-9-3-10-25-38)39-26-11-4-12-27-39/h1-32H. The van der Waals surface area contributed by atoms with Gasteiger partial charge in [0.1, 0.15) is 5.58 Å². The minimum Gasteiger partial charge on any atom is -0.453 e. The van der Waals surface area contributed by atoms with Crippen molar-refractivity contribution in [3.8, 4) is 45.3 Å². The number of furan rings is 1. The third-order valence-corrected chi connectivity index (χ3v) is 9.87. The highest BCUT2D eigenvalue weighted by molar-refractivity contribution is 6.23. The zero-order valence-corrected chi connectivity index (χ0v) is 29.2. The zero-order chi connectivity index (χ0) is 35.8. The van der Waals surface area contributed by atoms with E-state index in [0.29, 0.717) is 17.5 Å². The maximum atomic E-state index is 7.05. The van der Waals surface area contributed by atoms with Crippen molar-refractivity contribution in [1.29, 1.82) is 0 Å². The minimum atomic E-state index is 0.613. The normalized spacial score (nSPS) is 11.3. The van der Waals surface area contributed by atoms with Gasteiger partial charge in [0.05, 0.1) is 5.69 Å². The second kappa shape index (κ2) is 13.3. The molecule has 0 bridgehead atoms. The molecule has 8 aromatic carbocycles. The van der Waals surface area contributed by atoms with Crippen molar-refractivity contribution in [3.05, 3.63) is 194 Å². The third kappa shape index (κ3) is 5.56. The summed E-state index contributed by atoms with van der Waals surface area (Å²) in [5.74, 6) is 1.88. The number of rotatable bonds is 7. The Bertz CT molecular complexity index is 2830. The first-order valence-electron chi connectivity index (χ1n) is 18.0. The molecule has 254 valence electrons. The fourth-order valence-corrected chi connectivity index (χ4v) is 7.37. The number of nitrogens with zero attached hydrogens (tertiary/aromatic N) is 4. The molecule has 0 N–H and O–H groups in total. The van der Waals surface area contributed by atoms with Crippen LogP contribution in [0, 0.1) is 0 Å². The molecule has 5 heteroatoms. The molecular formula is C49H32N4O. The van der Waals surface area contributed by atoms with Gasteiger partial charge in [-0.15, -0.1) is 0 Å². The summed E-state index contributed by atoms with van der Waals surface area (Å²) in [6.45, 7) is 0.